The summed E-state index contributed by atoms with van der Waals surface area (Å²) in [6.07, 6.45) is 58.5. The van der Waals surface area contributed by atoms with Crippen LogP contribution in [-0.2, 0) is 46.2 Å². The van der Waals surface area contributed by atoms with Crippen molar-refractivity contribution in [1.29, 1.82) is 0 Å². The first-order chi connectivity index (χ1) is 42.5. The highest BCUT2D eigenvalue weighted by molar-refractivity contribution is 6.17. The van der Waals surface area contributed by atoms with Crippen molar-refractivity contribution in [3.8, 4) is 24.7 Å². The lowest BCUT2D eigenvalue weighted by atomic mass is 10.0. The number of benzene rings is 2. The van der Waals surface area contributed by atoms with Gasteiger partial charge >= 0.3 is 24.1 Å². The highest BCUT2D eigenvalue weighted by Gasteiger charge is 2.32. The number of carboxylic acid groups (broad SMARTS) is 1. The summed E-state index contributed by atoms with van der Waals surface area (Å²) in [7, 11) is 0. The molecule has 488 valence electrons. The number of Topliss-reactive ketones (excluding diaryl/α,β-unsaturated/α-hetero) is 2. The maximum Gasteiger partial charge on any atom is 0.413 e. The fraction of sp³-hybridized carbons (Fsp3) is 0.703. The summed E-state index contributed by atoms with van der Waals surface area (Å²) < 4.78 is 15.1. The second-order valence-electron chi connectivity index (χ2n) is 24.0. The van der Waals surface area contributed by atoms with Gasteiger partial charge in [-0.1, -0.05) is 266 Å². The number of carboxylic acids is 1. The van der Waals surface area contributed by atoms with Crippen LogP contribution in [0.3, 0.4) is 0 Å². The minimum absolute atomic E-state index is 0.00651. The van der Waals surface area contributed by atoms with Gasteiger partial charge in [0.15, 0.2) is 6.07 Å². The molecule has 0 bridgehead atoms. The lowest BCUT2D eigenvalue weighted by Crippen LogP contribution is -2.35. The molecule has 0 heterocycles. The average Bonchev–Trinajstić information content (AvgIpc) is 2.09. The topological polar surface area (TPSA) is 157 Å². The Labute approximate surface area is 532 Å². The van der Waals surface area contributed by atoms with Gasteiger partial charge < -0.3 is 19.3 Å². The minimum Gasteiger partial charge on any atom is -0.481 e. The van der Waals surface area contributed by atoms with Gasteiger partial charge in [0.2, 0.25) is 6.79 Å². The molecule has 2 aliphatic carbocycles. The smallest absolute Gasteiger partial charge is 0.413 e. The van der Waals surface area contributed by atoms with Crippen molar-refractivity contribution in [3.63, 3.8) is 0 Å². The molecule has 2 aromatic carbocycles. The largest absolute Gasteiger partial charge is 0.481 e. The van der Waals surface area contributed by atoms with E-state index in [4.69, 9.17) is 43.8 Å². The molecule has 2 atom stereocenters. The third-order valence-electron chi connectivity index (χ3n) is 16.8. The molecule has 2 aliphatic rings. The summed E-state index contributed by atoms with van der Waals surface area (Å²) in [4.78, 5) is 73.9. The molecular weight excluding hydrogens is 1110 g/mol. The fourth-order valence-electron chi connectivity index (χ4n) is 11.8. The van der Waals surface area contributed by atoms with Crippen LogP contribution in [0.5, 0.6) is 0 Å². The number of ketones is 2. The summed E-state index contributed by atoms with van der Waals surface area (Å²) in [5, 5.41) is 8.55. The Bertz CT molecular complexity index is 2240. The first-order valence-electron chi connectivity index (χ1n) is 34.4. The molecule has 4 rings (SSSR count). The number of alkyl halides is 1. The first kappa shape index (κ1) is 77.8. The molecule has 0 fully saturated rings. The van der Waals surface area contributed by atoms with Gasteiger partial charge in [-0.05, 0) is 86.5 Å². The second kappa shape index (κ2) is 53.7. The normalized spacial score (nSPS) is 13.5. The zero-order valence-electron chi connectivity index (χ0n) is 54.3. The molecule has 0 radical (unpaired) electrons. The van der Waals surface area contributed by atoms with Crippen LogP contribution >= 0.6 is 11.6 Å². The highest BCUT2D eigenvalue weighted by Crippen LogP contribution is 2.37. The van der Waals surface area contributed by atoms with E-state index in [9.17, 15) is 28.8 Å². The number of terminal acetylenes is 2. The minimum atomic E-state index is -0.764. The number of nitrogens with zero attached hydrogens (tertiary/aromatic N) is 2. The van der Waals surface area contributed by atoms with Gasteiger partial charge in [-0.3, -0.25) is 29.0 Å². The molecule has 12 nitrogen and oxygen atoms in total. The number of amides is 2. The molecule has 0 spiro atoms. The van der Waals surface area contributed by atoms with Crippen molar-refractivity contribution < 1.29 is 48.1 Å². The molecule has 87 heavy (non-hydrogen) atoms. The van der Waals surface area contributed by atoms with E-state index < -0.39 is 30.9 Å². The number of aryl methyl sites for hydroxylation is 2. The lowest BCUT2D eigenvalue weighted by molar-refractivity contribution is -0.152. The summed E-state index contributed by atoms with van der Waals surface area (Å²) in [6.45, 7) is 4.46. The fourth-order valence-corrected chi connectivity index (χ4v) is 11.9. The predicted octanol–water partition coefficient (Wildman–Crippen LogP) is 20.0. The van der Waals surface area contributed by atoms with Crippen LogP contribution in [0.4, 0.5) is 9.59 Å². The van der Waals surface area contributed by atoms with E-state index in [0.29, 0.717) is 50.7 Å². The van der Waals surface area contributed by atoms with E-state index in [-0.39, 0.29) is 49.9 Å². The molecule has 2 aromatic rings. The summed E-state index contributed by atoms with van der Waals surface area (Å²) in [6, 6.07) is 15.8. The van der Waals surface area contributed by atoms with E-state index in [1.165, 1.54) is 189 Å². The molecule has 0 aliphatic heterocycles. The molecule has 2 amide bonds. The van der Waals surface area contributed by atoms with E-state index >= 15 is 0 Å². The molecule has 0 saturated heterocycles. The number of hydrogen-bond donors (Lipinski definition) is 1. The second-order valence-corrected chi connectivity index (χ2v) is 24.2. The number of rotatable bonds is 49. The van der Waals surface area contributed by atoms with Gasteiger partial charge in [-0.25, -0.2) is 9.59 Å². The molecule has 0 aromatic heterocycles. The van der Waals surface area contributed by atoms with Crippen LogP contribution in [0.2, 0.25) is 0 Å². The van der Waals surface area contributed by atoms with Crippen molar-refractivity contribution in [1.82, 2.24) is 9.80 Å². The zero-order valence-corrected chi connectivity index (χ0v) is 55.0. The molecule has 0 unspecified atom stereocenters. The number of aliphatic carboxylic acids is 1. The maximum atomic E-state index is 12.7. The number of fused-ring (bicyclic) bond motifs is 2. The van der Waals surface area contributed by atoms with Gasteiger partial charge in [0.05, 0.1) is 25.2 Å². The van der Waals surface area contributed by atoms with Crippen LogP contribution in [0.15, 0.2) is 48.5 Å². The van der Waals surface area contributed by atoms with Crippen LogP contribution < -0.4 is 0 Å². The number of unbranched alkanes of at least 4 members (excludes halogenated alkanes) is 30. The Kier molecular flexibility index (Phi) is 48.0. The number of esters is 1. The summed E-state index contributed by atoms with van der Waals surface area (Å²) >= 11 is 5.43. The third-order valence-corrected chi connectivity index (χ3v) is 16.9. The summed E-state index contributed by atoms with van der Waals surface area (Å²) in [5.41, 5.74) is 4.71. The van der Waals surface area contributed by atoms with Crippen molar-refractivity contribution in [2.75, 3.05) is 25.9 Å². The Balaban J connectivity index is 0.000000494. The third kappa shape index (κ3) is 38.6. The first-order valence-corrected chi connectivity index (χ1v) is 34.9. The SMILES string of the molecule is C#CCN(C(=O)OCCl)[C@@H]1CCc2ccccc21.C#CCN(C(=O)OCOC(=O)CCCCC(=O)CCCCCCCCCCCCCCCCC)[C@@H]1CCc2ccccc21.CCCCCCCCCCCCCCCCCC(=O)CCCCC(=O)O. The zero-order chi connectivity index (χ0) is 63.2. The van der Waals surface area contributed by atoms with Crippen molar-refractivity contribution in [2.45, 2.75) is 308 Å². The number of halogens is 1. The monoisotopic (exact) mass is 1230 g/mol. The van der Waals surface area contributed by atoms with Gasteiger partial charge in [-0.15, -0.1) is 12.8 Å². The quantitative estimate of drug-likeness (QED) is 0.0222. The Morgan fingerprint density at radius 3 is 1.10 bits per heavy atom. The van der Waals surface area contributed by atoms with Crippen molar-refractivity contribution in [3.05, 3.63) is 70.8 Å². The standard InChI is InChI=1S/C37H57NO5.C23H44O3.C14H14ClNO2/c1-3-5-6-7-8-9-10-11-12-13-14-15-16-17-18-24-33(39)25-20-22-27-36(40)42-31-43-37(41)38(30-4-2)35-29-28-32-23-19-21-26-34(32)35;1-2-3-4-5-6-7-8-9-10-11-12-13-14-15-16-19-22(24)20-17-18-21-23(25)26;1-2-9-16(14(17)18-10-15)13-8-7-11-5-3-4-6-12(11)13/h2,19,21,23,26,35H,3,5-18,20,22,24-25,27-31H2,1H3;2-21H2,1H3,(H,25,26);1,3-6,13H,7-10H2/t35-;;13-/m1.1/s1. The average molecular weight is 1230 g/mol. The number of hydrogen-bond acceptors (Lipinski definition) is 9. The Morgan fingerprint density at radius 1 is 0.448 bits per heavy atom. The van der Waals surface area contributed by atoms with Crippen molar-refractivity contribution in [2.24, 2.45) is 0 Å². The number of ether oxygens (including phenoxy) is 3. The van der Waals surface area contributed by atoms with E-state index in [0.717, 1.165) is 62.5 Å². The molecule has 0 saturated carbocycles. The van der Waals surface area contributed by atoms with Gasteiger partial charge in [-0.2, -0.15) is 0 Å². The van der Waals surface area contributed by atoms with Gasteiger partial charge in [0, 0.05) is 38.5 Å². The van der Waals surface area contributed by atoms with E-state index in [1.54, 1.807) is 4.90 Å². The van der Waals surface area contributed by atoms with Crippen LogP contribution in [-0.4, -0.2) is 76.5 Å². The van der Waals surface area contributed by atoms with E-state index in [2.05, 4.69) is 37.8 Å². The molecule has 13 heteroatoms. The van der Waals surface area contributed by atoms with E-state index in [1.807, 2.05) is 36.4 Å². The molecule has 1 N–H and O–H groups in total. The lowest BCUT2D eigenvalue weighted by Gasteiger charge is -2.27. The molecular formula is C74H115ClN2O10. The Hall–Kier alpha value is -5.33. The number of carbonyl (C=O) groups excluding carboxylic acids is 5. The highest BCUT2D eigenvalue weighted by atomic mass is 35.5. The van der Waals surface area contributed by atoms with Crippen LogP contribution in [0.25, 0.3) is 0 Å². The van der Waals surface area contributed by atoms with Crippen LogP contribution in [0, 0.1) is 24.7 Å². The Morgan fingerprint density at radius 2 is 0.759 bits per heavy atom. The predicted molar refractivity (Wildman–Crippen MR) is 354 cm³/mol. The van der Waals surface area contributed by atoms with Gasteiger partial charge in [0.25, 0.3) is 0 Å². The van der Waals surface area contributed by atoms with Gasteiger partial charge in [0.1, 0.15) is 11.6 Å². The summed E-state index contributed by atoms with van der Waals surface area (Å²) in [5.74, 6) is 4.41. The maximum absolute atomic E-state index is 12.7. The number of carbonyl (C=O) groups is 6. The van der Waals surface area contributed by atoms with Crippen LogP contribution in [0.1, 0.15) is 318 Å². The van der Waals surface area contributed by atoms with Crippen molar-refractivity contribution >= 4 is 47.3 Å².